The fourth-order valence-corrected chi connectivity index (χ4v) is 3.97. The molecule has 2 aromatic rings. The zero-order chi connectivity index (χ0) is 21.5. The van der Waals surface area contributed by atoms with Gasteiger partial charge in [0.1, 0.15) is 0 Å². The fourth-order valence-electron chi connectivity index (χ4n) is 3.97. The summed E-state index contributed by atoms with van der Waals surface area (Å²) >= 11 is 0. The molecule has 0 unspecified atom stereocenters. The van der Waals surface area contributed by atoms with Crippen molar-refractivity contribution in [3.05, 3.63) is 71.3 Å². The molecule has 0 spiro atoms. The molecule has 3 rings (SSSR count). The highest BCUT2D eigenvalue weighted by Crippen LogP contribution is 2.27. The van der Waals surface area contributed by atoms with Crippen molar-refractivity contribution < 1.29 is 4.79 Å². The summed E-state index contributed by atoms with van der Waals surface area (Å²) < 4.78 is 0. The van der Waals surface area contributed by atoms with Crippen LogP contribution in [-0.2, 0) is 4.79 Å². The van der Waals surface area contributed by atoms with Crippen molar-refractivity contribution in [3.8, 4) is 0 Å². The normalized spacial score (nSPS) is 16.8. The van der Waals surface area contributed by atoms with Crippen LogP contribution in [0.5, 0.6) is 0 Å². The summed E-state index contributed by atoms with van der Waals surface area (Å²) in [5, 5.41) is 3.22. The van der Waals surface area contributed by atoms with Crippen LogP contribution in [0, 0.1) is 6.92 Å². The van der Waals surface area contributed by atoms with Gasteiger partial charge in [0.2, 0.25) is 5.91 Å². The number of nitrogens with zero attached hydrogens (tertiary/aromatic N) is 2. The smallest absolute Gasteiger partial charge is 0.241 e. The molecule has 160 valence electrons. The lowest BCUT2D eigenvalue weighted by Crippen LogP contribution is -2.52. The van der Waals surface area contributed by atoms with Crippen molar-refractivity contribution >= 4 is 17.7 Å². The summed E-state index contributed by atoms with van der Waals surface area (Å²) in [5.41, 5.74) is 4.54. The van der Waals surface area contributed by atoms with E-state index in [2.05, 4.69) is 90.5 Å². The van der Waals surface area contributed by atoms with Crippen LogP contribution < -0.4 is 5.32 Å². The zero-order valence-electron chi connectivity index (χ0n) is 18.8. The minimum absolute atomic E-state index is 0.0867. The van der Waals surface area contributed by atoms with E-state index in [-0.39, 0.29) is 11.9 Å². The van der Waals surface area contributed by atoms with Crippen molar-refractivity contribution in [1.82, 2.24) is 9.80 Å². The third-order valence-corrected chi connectivity index (χ3v) is 5.98. The molecule has 1 amide bonds. The summed E-state index contributed by atoms with van der Waals surface area (Å²) in [5.74, 6) is 0.464. The maximum absolute atomic E-state index is 13.0. The van der Waals surface area contributed by atoms with Gasteiger partial charge >= 0.3 is 0 Å². The molecule has 1 atom stereocenters. The Labute approximate surface area is 181 Å². The van der Waals surface area contributed by atoms with Crippen molar-refractivity contribution in [2.24, 2.45) is 0 Å². The number of para-hydroxylation sites is 1. The molecule has 0 aliphatic carbocycles. The van der Waals surface area contributed by atoms with Crippen molar-refractivity contribution in [3.63, 3.8) is 0 Å². The largest absolute Gasteiger partial charge is 0.324 e. The topological polar surface area (TPSA) is 35.6 Å². The average Bonchev–Trinajstić information content (AvgIpc) is 2.75. The number of rotatable bonds is 7. The van der Waals surface area contributed by atoms with E-state index in [0.717, 1.165) is 44.0 Å². The first-order chi connectivity index (χ1) is 14.5. The van der Waals surface area contributed by atoms with Crippen LogP contribution in [0.2, 0.25) is 0 Å². The second-order valence-electron chi connectivity index (χ2n) is 8.51. The molecule has 1 heterocycles. The fraction of sp³-hybridized carbons (Fsp3) is 0.423. The van der Waals surface area contributed by atoms with Gasteiger partial charge in [0, 0.05) is 38.4 Å². The van der Waals surface area contributed by atoms with Crippen LogP contribution >= 0.6 is 0 Å². The lowest BCUT2D eigenvalue weighted by atomic mass is 9.98. The Morgan fingerprint density at radius 3 is 2.37 bits per heavy atom. The minimum atomic E-state index is -0.133. The van der Waals surface area contributed by atoms with Gasteiger partial charge in [-0.2, -0.15) is 0 Å². The molecule has 2 aromatic carbocycles. The Hall–Kier alpha value is -2.43. The van der Waals surface area contributed by atoms with Gasteiger partial charge in [0.05, 0.1) is 6.04 Å². The second kappa shape index (κ2) is 10.6. The standard InChI is InChI=1S/C26H35N3O/c1-20(2)24-14-8-10-21(3)25(24)27-26(30)22(4)29-18-16-28(17-19-29)15-9-13-23-11-6-5-7-12-23/h5-14,20,22H,15-19H2,1-4H3,(H,27,30)/b13-9+/t22-/m1/s1. The quantitative estimate of drug-likeness (QED) is 0.720. The molecule has 1 N–H and O–H groups in total. The maximum Gasteiger partial charge on any atom is 0.241 e. The summed E-state index contributed by atoms with van der Waals surface area (Å²) in [4.78, 5) is 17.7. The number of aryl methyl sites for hydroxylation is 1. The van der Waals surface area contributed by atoms with Crippen LogP contribution in [0.25, 0.3) is 6.08 Å². The van der Waals surface area contributed by atoms with E-state index in [4.69, 9.17) is 0 Å². The van der Waals surface area contributed by atoms with Crippen LogP contribution in [-0.4, -0.2) is 54.5 Å². The van der Waals surface area contributed by atoms with Crippen molar-refractivity contribution in [2.75, 3.05) is 38.0 Å². The first-order valence-electron chi connectivity index (χ1n) is 11.0. The van der Waals surface area contributed by atoms with Gasteiger partial charge in [-0.05, 0) is 36.5 Å². The van der Waals surface area contributed by atoms with E-state index in [1.54, 1.807) is 0 Å². The predicted octanol–water partition coefficient (Wildman–Crippen LogP) is 4.78. The first-order valence-corrected chi connectivity index (χ1v) is 11.0. The molecule has 1 saturated heterocycles. The molecular weight excluding hydrogens is 370 g/mol. The number of anilines is 1. The molecular formula is C26H35N3O. The van der Waals surface area contributed by atoms with E-state index >= 15 is 0 Å². The zero-order valence-corrected chi connectivity index (χ0v) is 18.8. The van der Waals surface area contributed by atoms with E-state index < -0.39 is 0 Å². The lowest BCUT2D eigenvalue weighted by molar-refractivity contribution is -0.121. The summed E-state index contributed by atoms with van der Waals surface area (Å²) in [7, 11) is 0. The number of carbonyl (C=O) groups is 1. The highest BCUT2D eigenvalue weighted by atomic mass is 16.2. The van der Waals surface area contributed by atoms with Gasteiger partial charge in [0.15, 0.2) is 0 Å². The number of benzene rings is 2. The molecule has 0 radical (unpaired) electrons. The second-order valence-corrected chi connectivity index (χ2v) is 8.51. The SMILES string of the molecule is Cc1cccc(C(C)C)c1NC(=O)[C@@H](C)N1CCN(C/C=C/c2ccccc2)CC1. The van der Waals surface area contributed by atoms with E-state index in [1.165, 1.54) is 11.1 Å². The Kier molecular flexibility index (Phi) is 7.83. The Balaban J connectivity index is 1.51. The highest BCUT2D eigenvalue weighted by molar-refractivity contribution is 5.96. The van der Waals surface area contributed by atoms with Gasteiger partial charge in [0.25, 0.3) is 0 Å². The van der Waals surface area contributed by atoms with Crippen LogP contribution in [0.1, 0.15) is 43.4 Å². The third kappa shape index (κ3) is 5.80. The van der Waals surface area contributed by atoms with E-state index in [0.29, 0.717) is 5.92 Å². The molecule has 1 fully saturated rings. The molecule has 1 aliphatic heterocycles. The molecule has 4 heteroatoms. The number of amides is 1. The molecule has 0 bridgehead atoms. The van der Waals surface area contributed by atoms with Gasteiger partial charge in [-0.15, -0.1) is 0 Å². The maximum atomic E-state index is 13.0. The number of piperazine rings is 1. The average molecular weight is 406 g/mol. The Bertz CT molecular complexity index is 852. The monoisotopic (exact) mass is 405 g/mol. The van der Waals surface area contributed by atoms with Gasteiger partial charge in [-0.1, -0.05) is 74.5 Å². The highest BCUT2D eigenvalue weighted by Gasteiger charge is 2.26. The van der Waals surface area contributed by atoms with Gasteiger partial charge < -0.3 is 5.32 Å². The summed E-state index contributed by atoms with van der Waals surface area (Å²) in [6, 6.07) is 16.5. The summed E-state index contributed by atoms with van der Waals surface area (Å²) in [6.45, 7) is 13.2. The number of hydrogen-bond donors (Lipinski definition) is 1. The molecule has 0 aromatic heterocycles. The predicted molar refractivity (Wildman–Crippen MR) is 127 cm³/mol. The number of hydrogen-bond acceptors (Lipinski definition) is 3. The van der Waals surface area contributed by atoms with Crippen molar-refractivity contribution in [1.29, 1.82) is 0 Å². The first kappa shape index (κ1) is 22.3. The van der Waals surface area contributed by atoms with Crippen LogP contribution in [0.15, 0.2) is 54.6 Å². The van der Waals surface area contributed by atoms with Crippen LogP contribution in [0.4, 0.5) is 5.69 Å². The molecule has 4 nitrogen and oxygen atoms in total. The molecule has 0 saturated carbocycles. The molecule has 30 heavy (non-hydrogen) atoms. The van der Waals surface area contributed by atoms with E-state index in [9.17, 15) is 4.79 Å². The lowest BCUT2D eigenvalue weighted by Gasteiger charge is -2.37. The third-order valence-electron chi connectivity index (χ3n) is 5.98. The number of carbonyl (C=O) groups excluding carboxylic acids is 1. The van der Waals surface area contributed by atoms with Crippen molar-refractivity contribution in [2.45, 2.75) is 39.7 Å². The Morgan fingerprint density at radius 1 is 1.00 bits per heavy atom. The minimum Gasteiger partial charge on any atom is -0.324 e. The van der Waals surface area contributed by atoms with Gasteiger partial charge in [-0.25, -0.2) is 0 Å². The molecule has 1 aliphatic rings. The van der Waals surface area contributed by atoms with Crippen LogP contribution in [0.3, 0.4) is 0 Å². The number of nitrogens with one attached hydrogen (secondary N) is 1. The van der Waals surface area contributed by atoms with E-state index in [1.807, 2.05) is 13.0 Å². The van der Waals surface area contributed by atoms with Gasteiger partial charge in [-0.3, -0.25) is 14.6 Å². The summed E-state index contributed by atoms with van der Waals surface area (Å²) in [6.07, 6.45) is 4.41. The Morgan fingerprint density at radius 2 is 1.70 bits per heavy atom.